The van der Waals surface area contributed by atoms with Crippen LogP contribution in [0.3, 0.4) is 0 Å². The largest absolute Gasteiger partial charge is 0.481 e. The predicted octanol–water partition coefficient (Wildman–Crippen LogP) is 0.962. The summed E-state index contributed by atoms with van der Waals surface area (Å²) in [5, 5.41) is 8.70. The van der Waals surface area contributed by atoms with Crippen molar-refractivity contribution in [3.63, 3.8) is 0 Å². The second-order valence-corrected chi connectivity index (χ2v) is 4.65. The summed E-state index contributed by atoms with van der Waals surface area (Å²) in [5.74, 6) is -0.317. The Labute approximate surface area is 90.2 Å². The van der Waals surface area contributed by atoms with Gasteiger partial charge in [0.25, 0.3) is 0 Å². The molecule has 0 aliphatic carbocycles. The normalized spacial score (nSPS) is 32.3. The molecule has 2 rings (SSSR count). The Morgan fingerprint density at radius 2 is 2.33 bits per heavy atom. The molecule has 1 N–H and O–H groups in total. The van der Waals surface area contributed by atoms with E-state index in [0.29, 0.717) is 18.4 Å². The van der Waals surface area contributed by atoms with Gasteiger partial charge in [0.05, 0.1) is 6.10 Å². The van der Waals surface area contributed by atoms with Crippen molar-refractivity contribution in [1.82, 2.24) is 4.90 Å². The molecule has 4 nitrogen and oxygen atoms in total. The third kappa shape index (κ3) is 3.18. The number of carbonyl (C=O) groups is 1. The number of hydrogen-bond donors (Lipinski definition) is 1. The van der Waals surface area contributed by atoms with E-state index in [2.05, 4.69) is 4.90 Å². The minimum Gasteiger partial charge on any atom is -0.481 e. The number of hydrogen-bond acceptors (Lipinski definition) is 3. The first-order valence-electron chi connectivity index (χ1n) is 5.80. The van der Waals surface area contributed by atoms with E-state index in [1.54, 1.807) is 0 Å². The first kappa shape index (κ1) is 10.9. The molecular weight excluding hydrogens is 194 g/mol. The lowest BCUT2D eigenvalue weighted by molar-refractivity contribution is -0.138. The molecule has 2 heterocycles. The number of likely N-dealkylation sites (tertiary alicyclic amines) is 1. The van der Waals surface area contributed by atoms with Crippen molar-refractivity contribution in [2.45, 2.75) is 31.8 Å². The fourth-order valence-electron chi connectivity index (χ4n) is 2.57. The molecule has 0 aromatic rings. The van der Waals surface area contributed by atoms with Gasteiger partial charge in [-0.2, -0.15) is 0 Å². The van der Waals surface area contributed by atoms with Gasteiger partial charge in [-0.3, -0.25) is 4.79 Å². The van der Waals surface area contributed by atoms with Gasteiger partial charge in [0.1, 0.15) is 0 Å². The molecule has 4 heteroatoms. The van der Waals surface area contributed by atoms with E-state index in [1.807, 2.05) is 0 Å². The maximum atomic E-state index is 10.6. The van der Waals surface area contributed by atoms with Crippen molar-refractivity contribution in [1.29, 1.82) is 0 Å². The van der Waals surface area contributed by atoms with Gasteiger partial charge in [0.2, 0.25) is 0 Å². The maximum absolute atomic E-state index is 10.6. The Morgan fingerprint density at radius 3 is 3.00 bits per heavy atom. The zero-order valence-corrected chi connectivity index (χ0v) is 9.02. The van der Waals surface area contributed by atoms with E-state index < -0.39 is 5.97 Å². The van der Waals surface area contributed by atoms with E-state index in [1.165, 1.54) is 12.8 Å². The quantitative estimate of drug-likeness (QED) is 0.755. The molecule has 2 atom stereocenters. The van der Waals surface area contributed by atoms with Gasteiger partial charge in [0.15, 0.2) is 0 Å². The molecule has 0 saturated carbocycles. The molecule has 0 spiro atoms. The van der Waals surface area contributed by atoms with Crippen LogP contribution in [0.15, 0.2) is 0 Å². The average molecular weight is 213 g/mol. The number of carboxylic acids is 1. The van der Waals surface area contributed by atoms with Crippen molar-refractivity contribution in [3.8, 4) is 0 Å². The summed E-state index contributed by atoms with van der Waals surface area (Å²) in [4.78, 5) is 12.9. The molecule has 0 radical (unpaired) electrons. The number of nitrogens with zero attached hydrogens (tertiary/aromatic N) is 1. The Bertz CT molecular complexity index is 226. The summed E-state index contributed by atoms with van der Waals surface area (Å²) in [5.41, 5.74) is 0. The third-order valence-electron chi connectivity index (χ3n) is 3.32. The summed E-state index contributed by atoms with van der Waals surface area (Å²) >= 11 is 0. The van der Waals surface area contributed by atoms with E-state index >= 15 is 0 Å². The number of rotatable bonds is 4. The van der Waals surface area contributed by atoms with E-state index in [0.717, 1.165) is 32.7 Å². The van der Waals surface area contributed by atoms with Crippen LogP contribution >= 0.6 is 0 Å². The summed E-state index contributed by atoms with van der Waals surface area (Å²) in [7, 11) is 0. The topological polar surface area (TPSA) is 49.8 Å². The van der Waals surface area contributed by atoms with Crippen molar-refractivity contribution >= 4 is 5.97 Å². The van der Waals surface area contributed by atoms with Gasteiger partial charge in [-0.05, 0) is 31.7 Å². The van der Waals surface area contributed by atoms with Crippen LogP contribution in [0.25, 0.3) is 0 Å². The van der Waals surface area contributed by atoms with Crippen molar-refractivity contribution in [3.05, 3.63) is 0 Å². The number of ether oxygens (including phenoxy) is 1. The highest BCUT2D eigenvalue weighted by molar-refractivity contribution is 5.67. The summed E-state index contributed by atoms with van der Waals surface area (Å²) < 4.78 is 5.57. The molecule has 15 heavy (non-hydrogen) atoms. The summed E-state index contributed by atoms with van der Waals surface area (Å²) in [6.45, 7) is 3.87. The molecular formula is C11H19NO3. The molecule has 0 unspecified atom stereocenters. The first-order chi connectivity index (χ1) is 7.24. The number of carboxylic acid groups (broad SMARTS) is 1. The highest BCUT2D eigenvalue weighted by Crippen LogP contribution is 2.22. The molecule has 86 valence electrons. The second-order valence-electron chi connectivity index (χ2n) is 4.65. The summed E-state index contributed by atoms with van der Waals surface area (Å²) in [6, 6.07) is 0. The fraction of sp³-hybridized carbons (Fsp3) is 0.909. The van der Waals surface area contributed by atoms with Crippen molar-refractivity contribution in [2.24, 2.45) is 5.92 Å². The average Bonchev–Trinajstić information content (AvgIpc) is 2.77. The van der Waals surface area contributed by atoms with Crippen LogP contribution in [-0.4, -0.2) is 48.3 Å². The Balaban J connectivity index is 1.70. The van der Waals surface area contributed by atoms with Crippen LogP contribution in [-0.2, 0) is 9.53 Å². The SMILES string of the molecule is O=C(O)C[C@@H]1CCN(C[C@@H]2CCCO2)C1. The highest BCUT2D eigenvalue weighted by atomic mass is 16.5. The molecule has 2 fully saturated rings. The molecule has 0 aromatic heterocycles. The highest BCUT2D eigenvalue weighted by Gasteiger charge is 2.27. The monoisotopic (exact) mass is 213 g/mol. The molecule has 0 bridgehead atoms. The Morgan fingerprint density at radius 1 is 1.47 bits per heavy atom. The Hall–Kier alpha value is -0.610. The minimum atomic E-state index is -0.668. The molecule has 2 aliphatic heterocycles. The smallest absolute Gasteiger partial charge is 0.303 e. The van der Waals surface area contributed by atoms with Crippen LogP contribution in [0.5, 0.6) is 0 Å². The van der Waals surface area contributed by atoms with Crippen LogP contribution in [0.1, 0.15) is 25.7 Å². The summed E-state index contributed by atoms with van der Waals surface area (Å²) in [6.07, 6.45) is 4.09. The lowest BCUT2D eigenvalue weighted by Crippen LogP contribution is -2.30. The van der Waals surface area contributed by atoms with Gasteiger partial charge in [0, 0.05) is 26.1 Å². The van der Waals surface area contributed by atoms with Gasteiger partial charge in [-0.25, -0.2) is 0 Å². The zero-order valence-electron chi connectivity index (χ0n) is 9.02. The number of aliphatic carboxylic acids is 1. The van der Waals surface area contributed by atoms with E-state index in [-0.39, 0.29) is 0 Å². The van der Waals surface area contributed by atoms with Crippen molar-refractivity contribution in [2.75, 3.05) is 26.2 Å². The van der Waals surface area contributed by atoms with Gasteiger partial charge < -0.3 is 14.7 Å². The van der Waals surface area contributed by atoms with Crippen LogP contribution in [0.4, 0.5) is 0 Å². The van der Waals surface area contributed by atoms with Gasteiger partial charge in [-0.15, -0.1) is 0 Å². The molecule has 0 amide bonds. The predicted molar refractivity (Wildman–Crippen MR) is 55.8 cm³/mol. The second kappa shape index (κ2) is 4.94. The fourth-order valence-corrected chi connectivity index (χ4v) is 2.57. The minimum absolute atomic E-state index is 0.321. The zero-order chi connectivity index (χ0) is 10.7. The third-order valence-corrected chi connectivity index (χ3v) is 3.32. The first-order valence-corrected chi connectivity index (χ1v) is 5.80. The van der Waals surface area contributed by atoms with Crippen LogP contribution in [0, 0.1) is 5.92 Å². The van der Waals surface area contributed by atoms with E-state index in [4.69, 9.17) is 9.84 Å². The van der Waals surface area contributed by atoms with E-state index in [9.17, 15) is 4.79 Å². The standard InChI is InChI=1S/C11H19NO3/c13-11(14)6-9-3-4-12(7-9)8-10-2-1-5-15-10/h9-10H,1-8H2,(H,13,14)/t9-,10-/m0/s1. The van der Waals surface area contributed by atoms with Crippen molar-refractivity contribution < 1.29 is 14.6 Å². The molecule has 0 aromatic carbocycles. The van der Waals surface area contributed by atoms with Gasteiger partial charge in [-0.1, -0.05) is 0 Å². The van der Waals surface area contributed by atoms with Crippen LogP contribution in [0.2, 0.25) is 0 Å². The maximum Gasteiger partial charge on any atom is 0.303 e. The van der Waals surface area contributed by atoms with Crippen LogP contribution < -0.4 is 0 Å². The Kier molecular flexibility index (Phi) is 3.59. The molecule has 2 saturated heterocycles. The van der Waals surface area contributed by atoms with Gasteiger partial charge >= 0.3 is 5.97 Å². The molecule has 2 aliphatic rings. The lowest BCUT2D eigenvalue weighted by Gasteiger charge is -2.19. The lowest BCUT2D eigenvalue weighted by atomic mass is 10.1.